The van der Waals surface area contributed by atoms with Crippen LogP contribution < -0.4 is 4.57 Å². The largest absolute Gasteiger partial charge is 0.277 e. The van der Waals surface area contributed by atoms with Gasteiger partial charge in [-0.3, -0.25) is 4.79 Å². The summed E-state index contributed by atoms with van der Waals surface area (Å²) in [5.74, 6) is -0.424. The van der Waals surface area contributed by atoms with E-state index in [4.69, 9.17) is 11.6 Å². The Morgan fingerprint density at radius 2 is 1.62 bits per heavy atom. The normalized spacial score (nSPS) is 17.6. The van der Waals surface area contributed by atoms with Crippen molar-refractivity contribution in [3.63, 3.8) is 0 Å². The summed E-state index contributed by atoms with van der Waals surface area (Å²) in [6.07, 6.45) is 5.68. The van der Waals surface area contributed by atoms with Crippen molar-refractivity contribution in [2.75, 3.05) is 13.1 Å². The maximum absolute atomic E-state index is 13.1. The first-order chi connectivity index (χ1) is 16.4. The number of carbonyl (C=O) groups is 1. The average Bonchev–Trinajstić information content (AvgIpc) is 3.14. The number of nitrogens with zero attached hydrogens (tertiary/aromatic N) is 3. The van der Waals surface area contributed by atoms with E-state index in [2.05, 4.69) is 4.99 Å². The zero-order valence-corrected chi connectivity index (χ0v) is 20.2. The van der Waals surface area contributed by atoms with Crippen LogP contribution in [-0.2, 0) is 16.6 Å². The van der Waals surface area contributed by atoms with Gasteiger partial charge in [0.05, 0.1) is 4.90 Å². The summed E-state index contributed by atoms with van der Waals surface area (Å²) in [6, 6.07) is 17.6. The molecule has 2 aromatic carbocycles. The number of pyridine rings is 1. The van der Waals surface area contributed by atoms with E-state index in [1.165, 1.54) is 12.1 Å². The highest BCUT2D eigenvalue weighted by Gasteiger charge is 2.29. The van der Waals surface area contributed by atoms with Crippen LogP contribution >= 0.6 is 11.6 Å². The monoisotopic (exact) mass is 494 g/mol. The second-order valence-electron chi connectivity index (χ2n) is 8.63. The van der Waals surface area contributed by atoms with Crippen molar-refractivity contribution in [2.45, 2.75) is 37.1 Å². The van der Waals surface area contributed by atoms with Gasteiger partial charge in [-0.05, 0) is 43.2 Å². The van der Waals surface area contributed by atoms with Crippen LogP contribution in [0, 0.1) is 0 Å². The third kappa shape index (κ3) is 4.43. The van der Waals surface area contributed by atoms with Crippen LogP contribution in [0.25, 0.3) is 0 Å². The molecule has 8 heteroatoms. The van der Waals surface area contributed by atoms with E-state index < -0.39 is 15.9 Å². The topological polar surface area (TPSA) is 70.7 Å². The highest BCUT2D eigenvalue weighted by Crippen LogP contribution is 2.23. The number of hydrogen-bond donors (Lipinski definition) is 0. The summed E-state index contributed by atoms with van der Waals surface area (Å²) < 4.78 is 29.6. The first-order valence-electron chi connectivity index (χ1n) is 11.4. The maximum atomic E-state index is 13.1. The molecule has 174 valence electrons. The van der Waals surface area contributed by atoms with Crippen LogP contribution in [0.4, 0.5) is 0 Å². The molecule has 0 atom stereocenters. The molecule has 5 rings (SSSR count). The van der Waals surface area contributed by atoms with Crippen LogP contribution in [0.3, 0.4) is 0 Å². The van der Waals surface area contributed by atoms with Crippen molar-refractivity contribution in [3.8, 4) is 0 Å². The molecule has 0 aliphatic carbocycles. The van der Waals surface area contributed by atoms with Crippen molar-refractivity contribution in [2.24, 2.45) is 4.99 Å². The minimum absolute atomic E-state index is 0.206. The Bertz CT molecular complexity index is 1380. The van der Waals surface area contributed by atoms with E-state index in [9.17, 15) is 13.2 Å². The number of halogens is 1. The van der Waals surface area contributed by atoms with Crippen molar-refractivity contribution in [1.82, 2.24) is 4.31 Å². The molecule has 1 aromatic heterocycles. The predicted molar refractivity (Wildman–Crippen MR) is 131 cm³/mol. The second kappa shape index (κ2) is 9.41. The molecule has 0 unspecified atom stereocenters. The van der Waals surface area contributed by atoms with Crippen molar-refractivity contribution >= 4 is 33.2 Å². The Labute approximate surface area is 204 Å². The third-order valence-electron chi connectivity index (χ3n) is 6.36. The number of hydrogen-bond acceptors (Lipinski definition) is 3. The zero-order valence-electron chi connectivity index (χ0n) is 18.7. The summed E-state index contributed by atoms with van der Waals surface area (Å²) in [7, 11) is -3.57. The maximum Gasteiger partial charge on any atom is 0.277 e. The molecule has 0 saturated carbocycles. The summed E-state index contributed by atoms with van der Waals surface area (Å²) in [4.78, 5) is 17.8. The number of sulfonamides is 1. The number of aromatic nitrogens is 1. The van der Waals surface area contributed by atoms with Gasteiger partial charge < -0.3 is 0 Å². The van der Waals surface area contributed by atoms with Crippen LogP contribution in [-0.4, -0.2) is 37.4 Å². The molecular formula is C26H25ClN3O3S+. The van der Waals surface area contributed by atoms with E-state index >= 15 is 0 Å². The summed E-state index contributed by atoms with van der Waals surface area (Å²) in [5, 5.41) is 0.606. The van der Waals surface area contributed by atoms with Gasteiger partial charge in [0.15, 0.2) is 12.7 Å². The number of rotatable bonds is 3. The Balaban J connectivity index is 1.46. The molecule has 0 bridgehead atoms. The van der Waals surface area contributed by atoms with E-state index in [1.54, 1.807) is 22.5 Å². The average molecular weight is 495 g/mol. The SMILES string of the molecule is O=C(N=C1c2ccccc2C[n+]2cc(Cl)ccc21)c1ccc(S(=O)(=O)N2CCCCCC2)cc1. The fourth-order valence-corrected chi connectivity index (χ4v) is 6.25. The Morgan fingerprint density at radius 1 is 0.912 bits per heavy atom. The van der Waals surface area contributed by atoms with Crippen molar-refractivity contribution < 1.29 is 17.8 Å². The summed E-state index contributed by atoms with van der Waals surface area (Å²) in [5.41, 5.74) is 3.67. The van der Waals surface area contributed by atoms with Gasteiger partial charge in [0.2, 0.25) is 15.7 Å². The Morgan fingerprint density at radius 3 is 2.35 bits per heavy atom. The number of fused-ring (bicyclic) bond motifs is 2. The van der Waals surface area contributed by atoms with E-state index in [0.717, 1.165) is 42.5 Å². The molecule has 1 fully saturated rings. The highest BCUT2D eigenvalue weighted by molar-refractivity contribution is 7.89. The van der Waals surface area contributed by atoms with E-state index in [-0.39, 0.29) is 4.90 Å². The van der Waals surface area contributed by atoms with Gasteiger partial charge in [0, 0.05) is 35.8 Å². The van der Waals surface area contributed by atoms with Crippen LogP contribution in [0.15, 0.2) is 76.7 Å². The van der Waals surface area contributed by atoms with Gasteiger partial charge in [0.1, 0.15) is 10.7 Å². The lowest BCUT2D eigenvalue weighted by Crippen LogP contribution is -2.45. The molecule has 3 aromatic rings. The molecule has 1 saturated heterocycles. The lowest BCUT2D eigenvalue weighted by molar-refractivity contribution is -0.690. The van der Waals surface area contributed by atoms with E-state index in [0.29, 0.717) is 35.9 Å². The van der Waals surface area contributed by atoms with Gasteiger partial charge in [-0.2, -0.15) is 8.87 Å². The Hall–Kier alpha value is -2.87. The molecule has 0 spiro atoms. The lowest BCUT2D eigenvalue weighted by atomic mass is 9.96. The molecule has 6 nitrogen and oxygen atoms in total. The molecule has 1 amide bonds. The van der Waals surface area contributed by atoms with Gasteiger partial charge in [0.25, 0.3) is 5.91 Å². The molecule has 2 aliphatic heterocycles. The number of benzene rings is 2. The quantitative estimate of drug-likeness (QED) is 0.400. The van der Waals surface area contributed by atoms with Crippen molar-refractivity contribution in [1.29, 1.82) is 0 Å². The number of carbonyl (C=O) groups excluding carboxylic acids is 1. The number of amides is 1. The van der Waals surface area contributed by atoms with Gasteiger partial charge in [-0.1, -0.05) is 48.7 Å². The molecule has 0 N–H and O–H groups in total. The van der Waals surface area contributed by atoms with Crippen LogP contribution in [0.2, 0.25) is 5.02 Å². The van der Waals surface area contributed by atoms with Gasteiger partial charge in [-0.15, -0.1) is 0 Å². The molecule has 3 heterocycles. The fourth-order valence-electron chi connectivity index (χ4n) is 4.56. The third-order valence-corrected chi connectivity index (χ3v) is 8.50. The molecule has 34 heavy (non-hydrogen) atoms. The van der Waals surface area contributed by atoms with Crippen LogP contribution in [0.5, 0.6) is 0 Å². The van der Waals surface area contributed by atoms with E-state index in [1.807, 2.05) is 41.1 Å². The molecular weight excluding hydrogens is 470 g/mol. The summed E-state index contributed by atoms with van der Waals surface area (Å²) in [6.45, 7) is 1.72. The lowest BCUT2D eigenvalue weighted by Gasteiger charge is -2.20. The first kappa shape index (κ1) is 22.9. The van der Waals surface area contributed by atoms with Crippen LogP contribution in [0.1, 0.15) is 52.9 Å². The summed E-state index contributed by atoms with van der Waals surface area (Å²) >= 11 is 6.19. The van der Waals surface area contributed by atoms with Gasteiger partial charge in [-0.25, -0.2) is 13.4 Å². The minimum atomic E-state index is -3.57. The predicted octanol–water partition coefficient (Wildman–Crippen LogP) is 4.23. The van der Waals surface area contributed by atoms with Crippen molar-refractivity contribution in [3.05, 3.63) is 94.3 Å². The fraction of sp³-hybridized carbons (Fsp3) is 0.269. The highest BCUT2D eigenvalue weighted by atomic mass is 35.5. The van der Waals surface area contributed by atoms with Gasteiger partial charge >= 0.3 is 0 Å². The Kier molecular flexibility index (Phi) is 6.34. The molecule has 2 aliphatic rings. The smallest absolute Gasteiger partial charge is 0.267 e. The number of aliphatic imine (C=N–C) groups is 1. The standard InChI is InChI=1S/C26H25ClN3O3S/c27-21-11-14-24-25(23-8-4-3-7-20(23)17-29(24)18-21)28-26(31)19-9-12-22(13-10-19)34(32,33)30-15-5-1-2-6-16-30/h3-4,7-14,18H,1-2,5-6,15-17H2/q+1. The first-order valence-corrected chi connectivity index (χ1v) is 13.3. The zero-order chi connectivity index (χ0) is 23.7. The minimum Gasteiger partial charge on any atom is -0.267 e. The molecule has 0 radical (unpaired) electrons. The second-order valence-corrected chi connectivity index (χ2v) is 11.0.